The zero-order chi connectivity index (χ0) is 13.4. The van der Waals surface area contributed by atoms with Crippen LogP contribution in [-0.2, 0) is 0 Å². The summed E-state index contributed by atoms with van der Waals surface area (Å²) < 4.78 is 0. The Bertz CT molecular complexity index is 285. The third-order valence-electron chi connectivity index (χ3n) is 5.66. The molecule has 2 nitrogen and oxygen atoms in total. The van der Waals surface area contributed by atoms with E-state index >= 15 is 0 Å². The number of hydrogen-bond acceptors (Lipinski definition) is 2. The van der Waals surface area contributed by atoms with E-state index in [1.54, 1.807) is 0 Å². The molecule has 2 heteroatoms. The van der Waals surface area contributed by atoms with Crippen molar-refractivity contribution in [1.82, 2.24) is 4.90 Å². The van der Waals surface area contributed by atoms with Crippen molar-refractivity contribution < 1.29 is 0 Å². The highest BCUT2D eigenvalue weighted by Crippen LogP contribution is 2.47. The maximum atomic E-state index is 6.33. The largest absolute Gasteiger partial charge is 0.329 e. The van der Waals surface area contributed by atoms with Crippen molar-refractivity contribution in [1.29, 1.82) is 0 Å². The van der Waals surface area contributed by atoms with Crippen LogP contribution in [0.1, 0.15) is 66.2 Å². The SMILES string of the molecule is CC(C)C1CCCCC1(CN)N1CCCC1(C)C. The van der Waals surface area contributed by atoms with Gasteiger partial charge in [-0.15, -0.1) is 0 Å². The molecule has 1 aliphatic carbocycles. The Hall–Kier alpha value is -0.0800. The number of nitrogens with zero attached hydrogens (tertiary/aromatic N) is 1. The molecule has 0 aromatic rings. The topological polar surface area (TPSA) is 29.3 Å². The molecule has 0 bridgehead atoms. The first kappa shape index (κ1) is 14.3. The zero-order valence-corrected chi connectivity index (χ0v) is 12.8. The molecule has 2 atom stereocenters. The molecule has 2 N–H and O–H groups in total. The summed E-state index contributed by atoms with van der Waals surface area (Å²) in [7, 11) is 0. The van der Waals surface area contributed by atoms with Crippen molar-refractivity contribution in [3.05, 3.63) is 0 Å². The fourth-order valence-electron chi connectivity index (χ4n) is 4.83. The molecule has 106 valence electrons. The van der Waals surface area contributed by atoms with Gasteiger partial charge < -0.3 is 5.73 Å². The van der Waals surface area contributed by atoms with Gasteiger partial charge in [-0.2, -0.15) is 0 Å². The standard InChI is InChI=1S/C16H32N2/c1-13(2)14-8-5-6-10-16(14,12-17)18-11-7-9-15(18,3)4/h13-14H,5-12,17H2,1-4H3. The highest BCUT2D eigenvalue weighted by Gasteiger charge is 2.51. The normalized spacial score (nSPS) is 37.3. The van der Waals surface area contributed by atoms with Crippen molar-refractivity contribution in [2.24, 2.45) is 17.6 Å². The summed E-state index contributed by atoms with van der Waals surface area (Å²) in [6, 6.07) is 0. The van der Waals surface area contributed by atoms with Crippen LogP contribution in [0.4, 0.5) is 0 Å². The Morgan fingerprint density at radius 1 is 1.17 bits per heavy atom. The Balaban J connectivity index is 2.32. The second-order valence-electron chi connectivity index (χ2n) is 7.47. The number of rotatable bonds is 3. The van der Waals surface area contributed by atoms with E-state index in [0.29, 0.717) is 5.54 Å². The van der Waals surface area contributed by atoms with Crippen LogP contribution in [0.25, 0.3) is 0 Å². The molecule has 1 aliphatic heterocycles. The average Bonchev–Trinajstić information content (AvgIpc) is 2.69. The molecule has 0 radical (unpaired) electrons. The molecule has 0 spiro atoms. The van der Waals surface area contributed by atoms with Crippen molar-refractivity contribution in [2.75, 3.05) is 13.1 Å². The number of hydrogen-bond donors (Lipinski definition) is 1. The fourth-order valence-corrected chi connectivity index (χ4v) is 4.83. The average molecular weight is 252 g/mol. The molecular formula is C16H32N2. The van der Waals surface area contributed by atoms with E-state index < -0.39 is 0 Å². The Morgan fingerprint density at radius 3 is 2.39 bits per heavy atom. The lowest BCUT2D eigenvalue weighted by atomic mass is 9.66. The van der Waals surface area contributed by atoms with Crippen LogP contribution in [-0.4, -0.2) is 29.1 Å². The first-order chi connectivity index (χ1) is 8.44. The van der Waals surface area contributed by atoms with Crippen LogP contribution >= 0.6 is 0 Å². The van der Waals surface area contributed by atoms with Gasteiger partial charge in [-0.1, -0.05) is 26.7 Å². The summed E-state index contributed by atoms with van der Waals surface area (Å²) in [5.74, 6) is 1.54. The number of nitrogens with two attached hydrogens (primary N) is 1. The maximum absolute atomic E-state index is 6.33. The third kappa shape index (κ3) is 2.22. The summed E-state index contributed by atoms with van der Waals surface area (Å²) >= 11 is 0. The summed E-state index contributed by atoms with van der Waals surface area (Å²) in [4.78, 5) is 2.80. The van der Waals surface area contributed by atoms with Gasteiger partial charge in [0, 0.05) is 17.6 Å². The second kappa shape index (κ2) is 5.13. The molecule has 0 amide bonds. The van der Waals surface area contributed by atoms with Gasteiger partial charge in [-0.25, -0.2) is 0 Å². The summed E-state index contributed by atoms with van der Waals surface area (Å²) in [6.45, 7) is 11.7. The monoisotopic (exact) mass is 252 g/mol. The molecule has 1 saturated carbocycles. The Labute approximate surface area is 113 Å². The van der Waals surface area contributed by atoms with E-state index in [2.05, 4.69) is 32.6 Å². The predicted molar refractivity (Wildman–Crippen MR) is 78.6 cm³/mol. The minimum Gasteiger partial charge on any atom is -0.329 e. The van der Waals surface area contributed by atoms with Gasteiger partial charge in [0.05, 0.1) is 0 Å². The highest BCUT2D eigenvalue weighted by molar-refractivity contribution is 5.07. The van der Waals surface area contributed by atoms with E-state index in [9.17, 15) is 0 Å². The smallest absolute Gasteiger partial charge is 0.0367 e. The Kier molecular flexibility index (Phi) is 4.08. The van der Waals surface area contributed by atoms with Gasteiger partial charge in [0.2, 0.25) is 0 Å². The third-order valence-corrected chi connectivity index (χ3v) is 5.66. The molecule has 2 fully saturated rings. The van der Waals surface area contributed by atoms with Gasteiger partial charge in [-0.05, 0) is 57.9 Å². The molecule has 1 heterocycles. The number of likely N-dealkylation sites (tertiary alicyclic amines) is 1. The molecule has 2 aliphatic rings. The van der Waals surface area contributed by atoms with Crippen LogP contribution in [0.5, 0.6) is 0 Å². The lowest BCUT2D eigenvalue weighted by Gasteiger charge is -2.55. The molecule has 2 rings (SSSR count). The first-order valence-electron chi connectivity index (χ1n) is 7.92. The van der Waals surface area contributed by atoms with Crippen molar-refractivity contribution >= 4 is 0 Å². The fraction of sp³-hybridized carbons (Fsp3) is 1.00. The zero-order valence-electron chi connectivity index (χ0n) is 12.8. The molecule has 1 saturated heterocycles. The quantitative estimate of drug-likeness (QED) is 0.834. The summed E-state index contributed by atoms with van der Waals surface area (Å²) in [6.07, 6.45) is 8.14. The first-order valence-corrected chi connectivity index (χ1v) is 7.92. The summed E-state index contributed by atoms with van der Waals surface area (Å²) in [5, 5.41) is 0. The van der Waals surface area contributed by atoms with Gasteiger partial charge in [0.25, 0.3) is 0 Å². The second-order valence-corrected chi connectivity index (χ2v) is 7.47. The van der Waals surface area contributed by atoms with Crippen molar-refractivity contribution in [3.8, 4) is 0 Å². The van der Waals surface area contributed by atoms with Gasteiger partial charge in [-0.3, -0.25) is 4.90 Å². The maximum Gasteiger partial charge on any atom is 0.0367 e. The molecule has 0 aromatic carbocycles. The van der Waals surface area contributed by atoms with E-state index in [1.165, 1.54) is 45.1 Å². The highest BCUT2D eigenvalue weighted by atomic mass is 15.3. The van der Waals surface area contributed by atoms with E-state index in [0.717, 1.165) is 18.4 Å². The van der Waals surface area contributed by atoms with Gasteiger partial charge in [0.1, 0.15) is 0 Å². The van der Waals surface area contributed by atoms with Gasteiger partial charge >= 0.3 is 0 Å². The van der Waals surface area contributed by atoms with Crippen molar-refractivity contribution in [3.63, 3.8) is 0 Å². The summed E-state index contributed by atoms with van der Waals surface area (Å²) in [5.41, 5.74) is 6.96. The lowest BCUT2D eigenvalue weighted by Crippen LogP contribution is -2.64. The molecular weight excluding hydrogens is 220 g/mol. The molecule has 2 unspecified atom stereocenters. The van der Waals surface area contributed by atoms with Crippen molar-refractivity contribution in [2.45, 2.75) is 77.3 Å². The minimum absolute atomic E-state index is 0.284. The Morgan fingerprint density at radius 2 is 1.89 bits per heavy atom. The van der Waals surface area contributed by atoms with Crippen LogP contribution in [0, 0.1) is 11.8 Å². The molecule has 0 aromatic heterocycles. The van der Waals surface area contributed by atoms with Crippen LogP contribution < -0.4 is 5.73 Å². The van der Waals surface area contributed by atoms with E-state index in [-0.39, 0.29) is 5.54 Å². The van der Waals surface area contributed by atoms with Crippen LogP contribution in [0.2, 0.25) is 0 Å². The minimum atomic E-state index is 0.284. The van der Waals surface area contributed by atoms with E-state index in [4.69, 9.17) is 5.73 Å². The molecule has 18 heavy (non-hydrogen) atoms. The van der Waals surface area contributed by atoms with Gasteiger partial charge in [0.15, 0.2) is 0 Å². The van der Waals surface area contributed by atoms with E-state index in [1.807, 2.05) is 0 Å². The van der Waals surface area contributed by atoms with Crippen LogP contribution in [0.3, 0.4) is 0 Å². The lowest BCUT2D eigenvalue weighted by molar-refractivity contribution is -0.0483. The van der Waals surface area contributed by atoms with Crippen LogP contribution in [0.15, 0.2) is 0 Å². The predicted octanol–water partition coefficient (Wildman–Crippen LogP) is 3.40.